The molecule has 0 saturated carbocycles. The number of carbonyl (C=O) groups excluding carboxylic acids is 1. The molecule has 0 spiro atoms. The van der Waals surface area contributed by atoms with Crippen LogP contribution in [-0.2, 0) is 4.79 Å². The highest BCUT2D eigenvalue weighted by Crippen LogP contribution is 2.17. The number of Topliss-reactive ketones (excluding diaryl/α,β-unsaturated/α-hetero) is 1. The molecule has 1 heterocycles. The standard InChI is InChI=1S/C4H6OS2/c5-3-1-7-2-4(3)6/h4,6H,1-2H2. The summed E-state index contributed by atoms with van der Waals surface area (Å²) in [6, 6.07) is 0. The van der Waals surface area contributed by atoms with Crippen molar-refractivity contribution in [1.29, 1.82) is 0 Å². The third kappa shape index (κ3) is 1.13. The third-order valence-electron chi connectivity index (χ3n) is 0.892. The van der Waals surface area contributed by atoms with Gasteiger partial charge in [-0.25, -0.2) is 0 Å². The number of hydrogen-bond donors (Lipinski definition) is 1. The van der Waals surface area contributed by atoms with Gasteiger partial charge in [0.1, 0.15) is 0 Å². The molecule has 0 N–H and O–H groups in total. The zero-order valence-corrected chi connectivity index (χ0v) is 5.47. The highest BCUT2D eigenvalue weighted by atomic mass is 32.2. The molecule has 0 bridgehead atoms. The van der Waals surface area contributed by atoms with Gasteiger partial charge < -0.3 is 0 Å². The maximum atomic E-state index is 10.5. The van der Waals surface area contributed by atoms with Crippen molar-refractivity contribution in [2.45, 2.75) is 5.25 Å². The van der Waals surface area contributed by atoms with E-state index < -0.39 is 0 Å². The van der Waals surface area contributed by atoms with Crippen molar-refractivity contribution in [2.75, 3.05) is 11.5 Å². The molecule has 0 radical (unpaired) electrons. The van der Waals surface area contributed by atoms with Crippen LogP contribution in [0.2, 0.25) is 0 Å². The fraction of sp³-hybridized carbons (Fsp3) is 0.750. The number of thioether (sulfide) groups is 1. The number of thiol groups is 1. The van der Waals surface area contributed by atoms with Crippen LogP contribution in [0, 0.1) is 0 Å². The Bertz CT molecular complexity index is 91.7. The number of ketones is 1. The van der Waals surface area contributed by atoms with E-state index in [4.69, 9.17) is 0 Å². The average Bonchev–Trinajstić information content (AvgIpc) is 1.91. The lowest BCUT2D eigenvalue weighted by Crippen LogP contribution is -2.08. The second kappa shape index (κ2) is 2.09. The molecule has 0 amide bonds. The Balaban J connectivity index is 2.48. The summed E-state index contributed by atoms with van der Waals surface area (Å²) in [6.45, 7) is 0. The summed E-state index contributed by atoms with van der Waals surface area (Å²) >= 11 is 5.68. The van der Waals surface area contributed by atoms with Gasteiger partial charge in [-0.05, 0) is 0 Å². The third-order valence-corrected chi connectivity index (χ3v) is 2.67. The lowest BCUT2D eigenvalue weighted by atomic mass is 10.3. The van der Waals surface area contributed by atoms with Crippen LogP contribution in [-0.4, -0.2) is 22.5 Å². The first-order valence-corrected chi connectivity index (χ1v) is 3.76. The van der Waals surface area contributed by atoms with Crippen LogP contribution in [0.1, 0.15) is 0 Å². The van der Waals surface area contributed by atoms with Crippen LogP contribution in [0.5, 0.6) is 0 Å². The fourth-order valence-corrected chi connectivity index (χ4v) is 1.92. The molecule has 1 saturated heterocycles. The Morgan fingerprint density at radius 3 is 2.71 bits per heavy atom. The quantitative estimate of drug-likeness (QED) is 0.489. The van der Waals surface area contributed by atoms with Gasteiger partial charge in [0.25, 0.3) is 0 Å². The summed E-state index contributed by atoms with van der Waals surface area (Å²) in [6.07, 6.45) is 0. The Labute approximate surface area is 52.3 Å². The molecule has 1 aliphatic rings. The molecular formula is C4H6OS2. The van der Waals surface area contributed by atoms with E-state index in [1.807, 2.05) is 0 Å². The Morgan fingerprint density at radius 1 is 1.86 bits per heavy atom. The predicted octanol–water partition coefficient (Wildman–Crippen LogP) is 0.601. The van der Waals surface area contributed by atoms with Gasteiger partial charge in [0.15, 0.2) is 5.78 Å². The fourth-order valence-electron chi connectivity index (χ4n) is 0.460. The Hall–Kier alpha value is 0.370. The molecule has 1 atom stereocenters. The summed E-state index contributed by atoms with van der Waals surface area (Å²) in [5.41, 5.74) is 0. The van der Waals surface area contributed by atoms with Crippen LogP contribution in [0.25, 0.3) is 0 Å². The van der Waals surface area contributed by atoms with Gasteiger partial charge in [-0.3, -0.25) is 4.79 Å². The summed E-state index contributed by atoms with van der Waals surface area (Å²) < 4.78 is 0. The van der Waals surface area contributed by atoms with Crippen molar-refractivity contribution < 1.29 is 4.79 Å². The predicted molar refractivity (Wildman–Crippen MR) is 35.1 cm³/mol. The molecule has 0 aromatic rings. The minimum Gasteiger partial charge on any atom is -0.298 e. The molecule has 1 aliphatic heterocycles. The Kier molecular flexibility index (Phi) is 1.65. The normalized spacial score (nSPS) is 31.6. The lowest BCUT2D eigenvalue weighted by Gasteiger charge is -1.88. The summed E-state index contributed by atoms with van der Waals surface area (Å²) in [5.74, 6) is 1.86. The minimum absolute atomic E-state index is 0.0324. The van der Waals surface area contributed by atoms with E-state index in [-0.39, 0.29) is 11.0 Å². The smallest absolute Gasteiger partial charge is 0.156 e. The average molecular weight is 134 g/mol. The highest BCUT2D eigenvalue weighted by molar-refractivity contribution is 8.01. The molecular weight excluding hydrogens is 128 g/mol. The van der Waals surface area contributed by atoms with Crippen molar-refractivity contribution in [3.63, 3.8) is 0 Å². The SMILES string of the molecule is O=C1CSCC1S. The van der Waals surface area contributed by atoms with Crippen LogP contribution < -0.4 is 0 Å². The minimum atomic E-state index is 0.0324. The molecule has 0 aromatic heterocycles. The monoisotopic (exact) mass is 134 g/mol. The van der Waals surface area contributed by atoms with Crippen molar-refractivity contribution in [3.05, 3.63) is 0 Å². The van der Waals surface area contributed by atoms with Crippen LogP contribution in [0.4, 0.5) is 0 Å². The first-order valence-electron chi connectivity index (χ1n) is 2.09. The molecule has 7 heavy (non-hydrogen) atoms. The van der Waals surface area contributed by atoms with Crippen molar-refractivity contribution >= 4 is 30.2 Å². The van der Waals surface area contributed by atoms with E-state index in [0.29, 0.717) is 5.75 Å². The van der Waals surface area contributed by atoms with Gasteiger partial charge in [0.2, 0.25) is 0 Å². The first-order chi connectivity index (χ1) is 3.30. The van der Waals surface area contributed by atoms with Gasteiger partial charge in [0.05, 0.1) is 11.0 Å². The topological polar surface area (TPSA) is 17.1 Å². The molecule has 1 rings (SSSR count). The van der Waals surface area contributed by atoms with E-state index in [0.717, 1.165) is 5.75 Å². The van der Waals surface area contributed by atoms with Crippen LogP contribution in [0.3, 0.4) is 0 Å². The zero-order chi connectivity index (χ0) is 5.28. The van der Waals surface area contributed by atoms with E-state index in [1.165, 1.54) is 0 Å². The molecule has 1 unspecified atom stereocenters. The van der Waals surface area contributed by atoms with Gasteiger partial charge in [0, 0.05) is 5.75 Å². The molecule has 40 valence electrons. The van der Waals surface area contributed by atoms with Crippen LogP contribution >= 0.6 is 24.4 Å². The van der Waals surface area contributed by atoms with E-state index in [9.17, 15) is 4.79 Å². The van der Waals surface area contributed by atoms with Gasteiger partial charge in [-0.2, -0.15) is 24.4 Å². The second-order valence-corrected chi connectivity index (χ2v) is 3.15. The van der Waals surface area contributed by atoms with Crippen molar-refractivity contribution in [1.82, 2.24) is 0 Å². The van der Waals surface area contributed by atoms with Gasteiger partial charge in [-0.15, -0.1) is 0 Å². The number of hydrogen-bond acceptors (Lipinski definition) is 3. The second-order valence-electron chi connectivity index (χ2n) is 1.50. The lowest BCUT2D eigenvalue weighted by molar-refractivity contribution is -0.115. The molecule has 0 aliphatic carbocycles. The van der Waals surface area contributed by atoms with Gasteiger partial charge in [-0.1, -0.05) is 0 Å². The van der Waals surface area contributed by atoms with Gasteiger partial charge >= 0.3 is 0 Å². The maximum Gasteiger partial charge on any atom is 0.156 e. The number of carbonyl (C=O) groups is 1. The van der Waals surface area contributed by atoms with Crippen molar-refractivity contribution in [2.24, 2.45) is 0 Å². The molecule has 3 heteroatoms. The van der Waals surface area contributed by atoms with E-state index in [1.54, 1.807) is 11.8 Å². The summed E-state index contributed by atoms with van der Waals surface area (Å²) in [4.78, 5) is 10.5. The largest absolute Gasteiger partial charge is 0.298 e. The Morgan fingerprint density at radius 2 is 2.57 bits per heavy atom. The summed E-state index contributed by atoms with van der Waals surface area (Å²) in [5, 5.41) is 0.0324. The highest BCUT2D eigenvalue weighted by Gasteiger charge is 2.20. The van der Waals surface area contributed by atoms with E-state index in [2.05, 4.69) is 12.6 Å². The molecule has 0 aromatic carbocycles. The first kappa shape index (κ1) is 5.51. The summed E-state index contributed by atoms with van der Waals surface area (Å²) in [7, 11) is 0. The maximum absolute atomic E-state index is 10.5. The molecule has 1 nitrogen and oxygen atoms in total. The van der Waals surface area contributed by atoms with Crippen molar-refractivity contribution in [3.8, 4) is 0 Å². The molecule has 1 fully saturated rings. The van der Waals surface area contributed by atoms with E-state index >= 15 is 0 Å². The number of rotatable bonds is 0. The zero-order valence-electron chi connectivity index (χ0n) is 3.76. The van der Waals surface area contributed by atoms with Crippen LogP contribution in [0.15, 0.2) is 0 Å².